The van der Waals surface area contributed by atoms with Crippen LogP contribution in [0, 0.1) is 11.8 Å². The van der Waals surface area contributed by atoms with E-state index < -0.39 is 0 Å². The number of piperazine rings is 1. The molecule has 0 spiro atoms. The van der Waals surface area contributed by atoms with E-state index in [1.807, 2.05) is 0 Å². The quantitative estimate of drug-likeness (QED) is 0.662. The van der Waals surface area contributed by atoms with E-state index in [4.69, 9.17) is 4.74 Å². The van der Waals surface area contributed by atoms with E-state index in [-0.39, 0.29) is 0 Å². The lowest BCUT2D eigenvalue weighted by Crippen LogP contribution is -2.44. The van der Waals surface area contributed by atoms with Crippen molar-refractivity contribution in [3.63, 3.8) is 0 Å². The minimum Gasteiger partial charge on any atom is -0.376 e. The fraction of sp³-hybridized carbons (Fsp3) is 1.00. The second-order valence-electron chi connectivity index (χ2n) is 8.40. The summed E-state index contributed by atoms with van der Waals surface area (Å²) in [5.74, 6) is 1.62. The first-order valence-electron chi connectivity index (χ1n) is 10.4. The monoisotopic (exact) mass is 339 g/mol. The van der Waals surface area contributed by atoms with E-state index in [0.29, 0.717) is 6.10 Å². The average Bonchev–Trinajstić information content (AvgIpc) is 2.56. The highest BCUT2D eigenvalue weighted by Gasteiger charge is 2.22. The van der Waals surface area contributed by atoms with Gasteiger partial charge in [0.15, 0.2) is 0 Å². The third-order valence-electron chi connectivity index (χ3n) is 5.52. The van der Waals surface area contributed by atoms with Crippen LogP contribution in [0.15, 0.2) is 0 Å². The van der Waals surface area contributed by atoms with Gasteiger partial charge in [-0.2, -0.15) is 0 Å². The van der Waals surface area contributed by atoms with Crippen molar-refractivity contribution in [2.24, 2.45) is 11.8 Å². The zero-order valence-electron chi connectivity index (χ0n) is 16.4. The van der Waals surface area contributed by atoms with Gasteiger partial charge in [0.2, 0.25) is 0 Å². The molecule has 0 radical (unpaired) electrons. The Bertz CT molecular complexity index is 318. The Hall–Kier alpha value is -0.160. The number of nitrogens with one attached hydrogen (secondary N) is 1. The standard InChI is InChI=1S/C20H41N3O/c1-18(2)6-4-11-23-14-15-24-20(17-23)16-19(3)7-5-10-22-12-8-21-9-13-22/h18-21H,4-17H2,1-3H3. The average molecular weight is 340 g/mol. The van der Waals surface area contributed by atoms with E-state index in [1.54, 1.807) is 0 Å². The van der Waals surface area contributed by atoms with Crippen molar-refractivity contribution < 1.29 is 4.74 Å². The van der Waals surface area contributed by atoms with Gasteiger partial charge in [0.05, 0.1) is 12.7 Å². The summed E-state index contributed by atoms with van der Waals surface area (Å²) in [4.78, 5) is 5.24. The summed E-state index contributed by atoms with van der Waals surface area (Å²) in [5, 5.41) is 3.43. The summed E-state index contributed by atoms with van der Waals surface area (Å²) >= 11 is 0. The molecule has 2 saturated heterocycles. The van der Waals surface area contributed by atoms with Crippen molar-refractivity contribution in [1.82, 2.24) is 15.1 Å². The fourth-order valence-electron chi connectivity index (χ4n) is 4.01. The van der Waals surface area contributed by atoms with Gasteiger partial charge in [0, 0.05) is 39.3 Å². The summed E-state index contributed by atoms with van der Waals surface area (Å²) in [6, 6.07) is 0. The molecule has 0 aromatic rings. The molecule has 1 N–H and O–H groups in total. The first-order valence-corrected chi connectivity index (χ1v) is 10.4. The molecule has 2 heterocycles. The fourth-order valence-corrected chi connectivity index (χ4v) is 4.01. The second kappa shape index (κ2) is 11.5. The van der Waals surface area contributed by atoms with Crippen LogP contribution >= 0.6 is 0 Å². The maximum Gasteiger partial charge on any atom is 0.0705 e. The van der Waals surface area contributed by atoms with Crippen molar-refractivity contribution in [3.05, 3.63) is 0 Å². The summed E-state index contributed by atoms with van der Waals surface area (Å²) in [7, 11) is 0. The van der Waals surface area contributed by atoms with Gasteiger partial charge in [-0.05, 0) is 57.0 Å². The topological polar surface area (TPSA) is 27.7 Å². The predicted octanol–water partition coefficient (Wildman–Crippen LogP) is 2.84. The van der Waals surface area contributed by atoms with Crippen molar-refractivity contribution >= 4 is 0 Å². The summed E-state index contributed by atoms with van der Waals surface area (Å²) in [6.07, 6.45) is 7.08. The van der Waals surface area contributed by atoms with Crippen LogP contribution in [0.3, 0.4) is 0 Å². The first-order chi connectivity index (χ1) is 11.6. The zero-order valence-corrected chi connectivity index (χ0v) is 16.4. The van der Waals surface area contributed by atoms with Crippen molar-refractivity contribution in [1.29, 1.82) is 0 Å². The molecule has 142 valence electrons. The molecule has 2 fully saturated rings. The van der Waals surface area contributed by atoms with Gasteiger partial charge in [0.25, 0.3) is 0 Å². The van der Waals surface area contributed by atoms with Crippen LogP contribution in [0.2, 0.25) is 0 Å². The molecule has 0 amide bonds. The first kappa shape index (κ1) is 20.2. The van der Waals surface area contributed by atoms with Crippen LogP contribution in [0.25, 0.3) is 0 Å². The van der Waals surface area contributed by atoms with Crippen LogP contribution in [0.5, 0.6) is 0 Å². The number of hydrogen-bond acceptors (Lipinski definition) is 4. The molecule has 2 atom stereocenters. The van der Waals surface area contributed by atoms with Crippen molar-refractivity contribution in [2.45, 2.75) is 59.0 Å². The normalized spacial score (nSPS) is 25.2. The maximum absolute atomic E-state index is 6.04. The van der Waals surface area contributed by atoms with Crippen LogP contribution in [0.1, 0.15) is 52.9 Å². The minimum absolute atomic E-state index is 0.465. The molecule has 4 heteroatoms. The smallest absolute Gasteiger partial charge is 0.0705 e. The lowest BCUT2D eigenvalue weighted by atomic mass is 9.97. The van der Waals surface area contributed by atoms with Crippen LogP contribution < -0.4 is 5.32 Å². The molecule has 4 nitrogen and oxygen atoms in total. The molecule has 24 heavy (non-hydrogen) atoms. The van der Waals surface area contributed by atoms with Crippen LogP contribution in [-0.2, 0) is 4.74 Å². The molecule has 0 saturated carbocycles. The molecule has 0 aromatic carbocycles. The predicted molar refractivity (Wildman–Crippen MR) is 103 cm³/mol. The zero-order chi connectivity index (χ0) is 17.2. The summed E-state index contributed by atoms with van der Waals surface area (Å²) in [6.45, 7) is 17.6. The number of hydrogen-bond donors (Lipinski definition) is 1. The molecular formula is C20H41N3O. The Kier molecular flexibility index (Phi) is 9.62. The number of rotatable bonds is 10. The van der Waals surface area contributed by atoms with Crippen molar-refractivity contribution in [2.75, 3.05) is 59.0 Å². The Morgan fingerprint density at radius 2 is 1.67 bits per heavy atom. The van der Waals surface area contributed by atoms with Gasteiger partial charge < -0.3 is 15.0 Å². The van der Waals surface area contributed by atoms with Crippen molar-refractivity contribution in [3.8, 4) is 0 Å². The molecular weight excluding hydrogens is 298 g/mol. The van der Waals surface area contributed by atoms with E-state index in [0.717, 1.165) is 44.6 Å². The second-order valence-corrected chi connectivity index (χ2v) is 8.40. The minimum atomic E-state index is 0.465. The maximum atomic E-state index is 6.04. The lowest BCUT2D eigenvalue weighted by Gasteiger charge is -2.34. The molecule has 2 unspecified atom stereocenters. The van der Waals surface area contributed by atoms with Gasteiger partial charge in [-0.1, -0.05) is 20.8 Å². The highest BCUT2D eigenvalue weighted by atomic mass is 16.5. The summed E-state index contributed by atoms with van der Waals surface area (Å²) in [5.41, 5.74) is 0. The largest absolute Gasteiger partial charge is 0.376 e. The SMILES string of the molecule is CC(C)CCCN1CCOC(CC(C)CCCN2CCNCC2)C1. The third-order valence-corrected chi connectivity index (χ3v) is 5.52. The lowest BCUT2D eigenvalue weighted by molar-refractivity contribution is -0.0392. The van der Waals surface area contributed by atoms with E-state index >= 15 is 0 Å². The Labute approximate surface area is 150 Å². The Balaban J connectivity index is 1.55. The van der Waals surface area contributed by atoms with Gasteiger partial charge >= 0.3 is 0 Å². The molecule has 0 bridgehead atoms. The number of morpholine rings is 1. The van der Waals surface area contributed by atoms with Gasteiger partial charge in [0.1, 0.15) is 0 Å². The Morgan fingerprint density at radius 3 is 2.42 bits per heavy atom. The molecule has 0 aromatic heterocycles. The highest BCUT2D eigenvalue weighted by Crippen LogP contribution is 2.19. The molecule has 2 rings (SSSR count). The van der Waals surface area contributed by atoms with E-state index in [1.165, 1.54) is 58.3 Å². The highest BCUT2D eigenvalue weighted by molar-refractivity contribution is 4.74. The van der Waals surface area contributed by atoms with E-state index in [9.17, 15) is 0 Å². The van der Waals surface area contributed by atoms with E-state index in [2.05, 4.69) is 35.9 Å². The van der Waals surface area contributed by atoms with Gasteiger partial charge in [-0.3, -0.25) is 4.90 Å². The summed E-state index contributed by atoms with van der Waals surface area (Å²) < 4.78 is 6.04. The van der Waals surface area contributed by atoms with Gasteiger partial charge in [-0.15, -0.1) is 0 Å². The Morgan fingerprint density at radius 1 is 0.958 bits per heavy atom. The number of ether oxygens (including phenoxy) is 1. The number of nitrogens with zero attached hydrogens (tertiary/aromatic N) is 2. The molecule has 0 aliphatic carbocycles. The molecule has 2 aliphatic heterocycles. The van der Waals surface area contributed by atoms with Crippen LogP contribution in [0.4, 0.5) is 0 Å². The van der Waals surface area contributed by atoms with Crippen LogP contribution in [-0.4, -0.2) is 74.9 Å². The molecule has 2 aliphatic rings. The third kappa shape index (κ3) is 8.28. The van der Waals surface area contributed by atoms with Gasteiger partial charge in [-0.25, -0.2) is 0 Å².